The van der Waals surface area contributed by atoms with Gasteiger partial charge in [0.15, 0.2) is 0 Å². The minimum absolute atomic E-state index is 0.0684. The molecule has 1 spiro atoms. The number of likely N-dealkylation sites (N-methyl/N-ethyl adjacent to an activating group) is 1. The van der Waals surface area contributed by atoms with Gasteiger partial charge in [0.2, 0.25) is 5.91 Å². The normalized spacial score (nSPS) is 24.9. The van der Waals surface area contributed by atoms with Gasteiger partial charge in [0.05, 0.1) is 0 Å². The van der Waals surface area contributed by atoms with Crippen molar-refractivity contribution in [3.05, 3.63) is 34.9 Å². The molecule has 0 radical (unpaired) electrons. The van der Waals surface area contributed by atoms with Gasteiger partial charge in [0, 0.05) is 17.6 Å². The van der Waals surface area contributed by atoms with Crippen LogP contribution in [-0.2, 0) is 4.79 Å². The van der Waals surface area contributed by atoms with Crippen molar-refractivity contribution >= 4 is 17.5 Å². The predicted octanol–water partition coefficient (Wildman–Crippen LogP) is 2.25. The van der Waals surface area contributed by atoms with E-state index in [1.807, 2.05) is 43.3 Å². The average Bonchev–Trinajstić information content (AvgIpc) is 3.17. The van der Waals surface area contributed by atoms with Crippen molar-refractivity contribution < 1.29 is 4.79 Å². The zero-order valence-electron chi connectivity index (χ0n) is 12.8. The van der Waals surface area contributed by atoms with Crippen LogP contribution in [-0.4, -0.2) is 47.9 Å². The van der Waals surface area contributed by atoms with E-state index in [9.17, 15) is 4.79 Å². The van der Waals surface area contributed by atoms with E-state index in [2.05, 4.69) is 17.1 Å². The van der Waals surface area contributed by atoms with Crippen LogP contribution >= 0.6 is 11.6 Å². The molecule has 1 heterocycles. The summed E-state index contributed by atoms with van der Waals surface area (Å²) in [5.74, 6) is 0.237. The van der Waals surface area contributed by atoms with Crippen molar-refractivity contribution in [1.82, 2.24) is 15.1 Å². The van der Waals surface area contributed by atoms with Gasteiger partial charge in [0.1, 0.15) is 11.7 Å². The van der Waals surface area contributed by atoms with E-state index in [1.54, 1.807) is 0 Å². The van der Waals surface area contributed by atoms with Crippen molar-refractivity contribution in [2.45, 2.75) is 37.5 Å². The Kier molecular flexibility index (Phi) is 3.72. The van der Waals surface area contributed by atoms with E-state index in [0.717, 1.165) is 24.9 Å². The minimum atomic E-state index is -0.307. The summed E-state index contributed by atoms with van der Waals surface area (Å²) in [5.41, 5.74) is 0.754. The fraction of sp³-hybridized carbons (Fsp3) is 0.562. The Labute approximate surface area is 131 Å². The smallest absolute Gasteiger partial charge is 0.244 e. The Morgan fingerprint density at radius 3 is 2.76 bits per heavy atom. The predicted molar refractivity (Wildman–Crippen MR) is 84.2 cm³/mol. The Hall–Kier alpha value is -1.10. The van der Waals surface area contributed by atoms with Crippen molar-refractivity contribution in [3.8, 4) is 0 Å². The van der Waals surface area contributed by atoms with E-state index in [4.69, 9.17) is 11.6 Å². The zero-order chi connectivity index (χ0) is 15.2. The summed E-state index contributed by atoms with van der Waals surface area (Å²) < 4.78 is 0. The number of hydrogen-bond acceptors (Lipinski definition) is 3. The summed E-state index contributed by atoms with van der Waals surface area (Å²) in [6.07, 6.45) is 1.81. The van der Waals surface area contributed by atoms with Gasteiger partial charge in [-0.1, -0.05) is 23.7 Å². The molecule has 2 aliphatic rings. The topological polar surface area (TPSA) is 35.6 Å². The number of nitrogens with one attached hydrogen (secondary N) is 1. The highest BCUT2D eigenvalue weighted by Crippen LogP contribution is 2.46. The van der Waals surface area contributed by atoms with Crippen LogP contribution < -0.4 is 5.32 Å². The monoisotopic (exact) mass is 307 g/mol. The van der Waals surface area contributed by atoms with Crippen LogP contribution in [0.1, 0.15) is 31.5 Å². The second kappa shape index (κ2) is 5.27. The van der Waals surface area contributed by atoms with Gasteiger partial charge in [-0.15, -0.1) is 0 Å². The maximum Gasteiger partial charge on any atom is 0.244 e. The van der Waals surface area contributed by atoms with Crippen LogP contribution in [0.15, 0.2) is 24.3 Å². The van der Waals surface area contributed by atoms with Crippen LogP contribution in [0, 0.1) is 0 Å². The fourth-order valence-electron chi connectivity index (χ4n) is 2.85. The first-order valence-electron chi connectivity index (χ1n) is 7.44. The third-order valence-electron chi connectivity index (χ3n) is 4.65. The number of carbonyl (C=O) groups excluding carboxylic acids is 1. The molecule has 2 unspecified atom stereocenters. The molecule has 0 bridgehead atoms. The van der Waals surface area contributed by atoms with E-state index in [1.165, 1.54) is 0 Å². The molecule has 1 amide bonds. The van der Waals surface area contributed by atoms with Crippen LogP contribution in [0.2, 0.25) is 5.02 Å². The van der Waals surface area contributed by atoms with Crippen molar-refractivity contribution in [2.75, 3.05) is 20.6 Å². The first kappa shape index (κ1) is 14.8. The van der Waals surface area contributed by atoms with Gasteiger partial charge >= 0.3 is 0 Å². The van der Waals surface area contributed by atoms with Crippen LogP contribution in [0.3, 0.4) is 0 Å². The third-order valence-corrected chi connectivity index (χ3v) is 4.89. The molecule has 4 nitrogen and oxygen atoms in total. The summed E-state index contributed by atoms with van der Waals surface area (Å²) in [5, 5.41) is 4.24. The molecule has 1 aromatic carbocycles. The number of carbonyl (C=O) groups is 1. The quantitative estimate of drug-likeness (QED) is 0.927. The highest BCUT2D eigenvalue weighted by Gasteiger charge is 2.59. The first-order chi connectivity index (χ1) is 9.93. The van der Waals surface area contributed by atoms with Crippen molar-refractivity contribution in [2.24, 2.45) is 0 Å². The molecule has 1 saturated carbocycles. The SMILES string of the molecule is CC(CN1C(=O)C2(CC2)NC1c1cccc(Cl)c1)N(C)C. The lowest BCUT2D eigenvalue weighted by atomic mass is 10.1. The van der Waals surface area contributed by atoms with Gasteiger partial charge in [-0.05, 0) is 51.6 Å². The molecule has 1 saturated heterocycles. The number of rotatable bonds is 4. The number of benzene rings is 1. The lowest BCUT2D eigenvalue weighted by Crippen LogP contribution is -2.41. The molecule has 1 aromatic rings. The molecule has 114 valence electrons. The molecule has 2 atom stereocenters. The minimum Gasteiger partial charge on any atom is -0.320 e. The summed E-state index contributed by atoms with van der Waals surface area (Å²) in [6, 6.07) is 8.09. The zero-order valence-corrected chi connectivity index (χ0v) is 13.5. The third kappa shape index (κ3) is 2.68. The van der Waals surface area contributed by atoms with Gasteiger partial charge in [0.25, 0.3) is 0 Å². The highest BCUT2D eigenvalue weighted by molar-refractivity contribution is 6.30. The summed E-state index contributed by atoms with van der Waals surface area (Å²) in [4.78, 5) is 16.8. The standard InChI is InChI=1S/C16H22ClN3O/c1-11(19(2)3)10-20-14(12-5-4-6-13(17)9-12)18-16(7-8-16)15(20)21/h4-6,9,11,14,18H,7-8,10H2,1-3H3. The maximum absolute atomic E-state index is 12.7. The molecule has 1 aliphatic carbocycles. The van der Waals surface area contributed by atoms with Gasteiger partial charge in [-0.25, -0.2) is 0 Å². The molecule has 21 heavy (non-hydrogen) atoms. The molecule has 0 aromatic heterocycles. The van der Waals surface area contributed by atoms with Crippen molar-refractivity contribution in [3.63, 3.8) is 0 Å². The summed E-state index contributed by atoms with van der Waals surface area (Å²) >= 11 is 6.11. The van der Waals surface area contributed by atoms with E-state index < -0.39 is 0 Å². The average molecular weight is 308 g/mol. The van der Waals surface area contributed by atoms with E-state index in [-0.39, 0.29) is 17.6 Å². The summed E-state index contributed by atoms with van der Waals surface area (Å²) in [6.45, 7) is 2.86. The Bertz CT molecular complexity index is 556. The Balaban J connectivity index is 1.88. The molecule has 5 heteroatoms. The molecular formula is C16H22ClN3O. The van der Waals surface area contributed by atoms with Gasteiger partial charge in [-0.3, -0.25) is 10.1 Å². The molecule has 2 fully saturated rings. The van der Waals surface area contributed by atoms with Crippen LogP contribution in [0.25, 0.3) is 0 Å². The van der Waals surface area contributed by atoms with Crippen molar-refractivity contribution in [1.29, 1.82) is 0 Å². The second-order valence-corrected chi connectivity index (χ2v) is 6.89. The van der Waals surface area contributed by atoms with E-state index >= 15 is 0 Å². The number of nitrogens with zero attached hydrogens (tertiary/aromatic N) is 2. The van der Waals surface area contributed by atoms with Crippen LogP contribution in [0.4, 0.5) is 0 Å². The van der Waals surface area contributed by atoms with Gasteiger partial charge in [-0.2, -0.15) is 0 Å². The second-order valence-electron chi connectivity index (χ2n) is 6.45. The molecule has 3 rings (SSSR count). The van der Waals surface area contributed by atoms with E-state index in [0.29, 0.717) is 11.1 Å². The maximum atomic E-state index is 12.7. The lowest BCUT2D eigenvalue weighted by Gasteiger charge is -2.30. The Morgan fingerprint density at radius 2 is 2.19 bits per heavy atom. The number of halogens is 1. The molecular weight excluding hydrogens is 286 g/mol. The Morgan fingerprint density at radius 1 is 1.48 bits per heavy atom. The molecule has 1 N–H and O–H groups in total. The highest BCUT2D eigenvalue weighted by atomic mass is 35.5. The largest absolute Gasteiger partial charge is 0.320 e. The van der Waals surface area contributed by atoms with Crippen LogP contribution in [0.5, 0.6) is 0 Å². The fourth-order valence-corrected chi connectivity index (χ4v) is 3.05. The lowest BCUT2D eigenvalue weighted by molar-refractivity contribution is -0.131. The summed E-state index contributed by atoms with van der Waals surface area (Å²) in [7, 11) is 4.08. The first-order valence-corrected chi connectivity index (χ1v) is 7.81. The van der Waals surface area contributed by atoms with Gasteiger partial charge < -0.3 is 9.80 Å². The number of hydrogen-bond donors (Lipinski definition) is 1. The number of amides is 1. The molecule has 1 aliphatic heterocycles.